The lowest BCUT2D eigenvalue weighted by Crippen LogP contribution is -2.25. The van der Waals surface area contributed by atoms with Crippen LogP contribution in [0.4, 0.5) is 0 Å². The molecule has 0 aliphatic carbocycles. The van der Waals surface area contributed by atoms with Gasteiger partial charge in [-0.15, -0.1) is 0 Å². The van der Waals surface area contributed by atoms with Crippen LogP contribution in [-0.2, 0) is 19.1 Å². The SMILES string of the molecule is CC/C=C\C/C=C\C/C=C\C/C=C\C/C=C\C=C/C(O)CCC(=O)OC[C@@H](O)COC(=O)CCCCCCCCCCCCCC. The summed E-state index contributed by atoms with van der Waals surface area (Å²) in [5, 5.41) is 20.0. The molecule has 0 aliphatic heterocycles. The van der Waals surface area contributed by atoms with Crippen LogP contribution < -0.4 is 0 Å². The molecule has 262 valence electrons. The molecular weight excluding hydrogens is 576 g/mol. The van der Waals surface area contributed by atoms with E-state index in [1.807, 2.05) is 12.2 Å². The summed E-state index contributed by atoms with van der Waals surface area (Å²) in [6.07, 6.45) is 42.8. The van der Waals surface area contributed by atoms with Crippen molar-refractivity contribution in [2.45, 2.75) is 154 Å². The molecule has 0 fully saturated rings. The smallest absolute Gasteiger partial charge is 0.305 e. The highest BCUT2D eigenvalue weighted by Crippen LogP contribution is 2.13. The molecule has 0 aromatic carbocycles. The molecule has 0 heterocycles. The second-order valence-corrected chi connectivity index (χ2v) is 11.8. The number of esters is 2. The lowest BCUT2D eigenvalue weighted by atomic mass is 10.0. The third-order valence-electron chi connectivity index (χ3n) is 7.32. The van der Waals surface area contributed by atoms with Crippen LogP contribution in [0.1, 0.15) is 142 Å². The Hall–Kier alpha value is -2.70. The van der Waals surface area contributed by atoms with E-state index in [1.54, 1.807) is 12.2 Å². The summed E-state index contributed by atoms with van der Waals surface area (Å²) in [6, 6.07) is 0. The second kappa shape index (κ2) is 35.2. The maximum Gasteiger partial charge on any atom is 0.305 e. The van der Waals surface area contributed by atoms with Gasteiger partial charge in [-0.25, -0.2) is 0 Å². The number of aliphatic hydroxyl groups is 2. The molecule has 6 heteroatoms. The first-order valence-electron chi connectivity index (χ1n) is 18.1. The summed E-state index contributed by atoms with van der Waals surface area (Å²) in [6.45, 7) is 3.95. The molecule has 0 spiro atoms. The van der Waals surface area contributed by atoms with Crippen molar-refractivity contribution in [2.75, 3.05) is 13.2 Å². The number of ether oxygens (including phenoxy) is 2. The Balaban J connectivity index is 3.73. The summed E-state index contributed by atoms with van der Waals surface area (Å²) in [5.41, 5.74) is 0. The Labute approximate surface area is 281 Å². The fourth-order valence-corrected chi connectivity index (χ4v) is 4.55. The quantitative estimate of drug-likeness (QED) is 0.0338. The normalized spacial score (nSPS) is 13.7. The van der Waals surface area contributed by atoms with Gasteiger partial charge < -0.3 is 19.7 Å². The summed E-state index contributed by atoms with van der Waals surface area (Å²) < 4.78 is 10.2. The lowest BCUT2D eigenvalue weighted by Gasteiger charge is -2.12. The monoisotopic (exact) mass is 642 g/mol. The summed E-state index contributed by atoms with van der Waals surface area (Å²) in [5.74, 6) is -0.843. The van der Waals surface area contributed by atoms with Crippen LogP contribution in [0.15, 0.2) is 72.9 Å². The Morgan fingerprint density at radius 3 is 1.48 bits per heavy atom. The van der Waals surface area contributed by atoms with Crippen LogP contribution in [0, 0.1) is 0 Å². The number of aliphatic hydroxyl groups excluding tert-OH is 2. The van der Waals surface area contributed by atoms with E-state index >= 15 is 0 Å². The van der Waals surface area contributed by atoms with Gasteiger partial charge in [0.25, 0.3) is 0 Å². The third kappa shape index (κ3) is 34.2. The molecule has 0 rings (SSSR count). The molecule has 0 aromatic heterocycles. The van der Waals surface area contributed by atoms with E-state index in [0.29, 0.717) is 6.42 Å². The van der Waals surface area contributed by atoms with Crippen LogP contribution >= 0.6 is 0 Å². The Bertz CT molecular complexity index is 882. The minimum atomic E-state index is -1.06. The zero-order valence-electron chi connectivity index (χ0n) is 29.2. The minimum Gasteiger partial charge on any atom is -0.463 e. The van der Waals surface area contributed by atoms with Crippen molar-refractivity contribution in [3.8, 4) is 0 Å². The molecular formula is C40H66O6. The number of hydrogen-bond donors (Lipinski definition) is 2. The number of rotatable bonds is 31. The van der Waals surface area contributed by atoms with Crippen molar-refractivity contribution in [3.05, 3.63) is 72.9 Å². The van der Waals surface area contributed by atoms with Crippen LogP contribution in [0.5, 0.6) is 0 Å². The molecule has 6 nitrogen and oxygen atoms in total. The molecule has 0 aliphatic rings. The van der Waals surface area contributed by atoms with Crippen molar-refractivity contribution in [1.29, 1.82) is 0 Å². The fraction of sp³-hybridized carbons (Fsp3) is 0.650. The Morgan fingerprint density at radius 1 is 0.543 bits per heavy atom. The van der Waals surface area contributed by atoms with Gasteiger partial charge in [0.15, 0.2) is 0 Å². The first-order valence-corrected chi connectivity index (χ1v) is 18.1. The van der Waals surface area contributed by atoms with Crippen LogP contribution in [0.25, 0.3) is 0 Å². The molecule has 0 aromatic rings. The largest absolute Gasteiger partial charge is 0.463 e. The van der Waals surface area contributed by atoms with Gasteiger partial charge in [0.1, 0.15) is 19.3 Å². The molecule has 0 bridgehead atoms. The van der Waals surface area contributed by atoms with Crippen molar-refractivity contribution in [2.24, 2.45) is 0 Å². The van der Waals surface area contributed by atoms with E-state index in [1.165, 1.54) is 57.8 Å². The second-order valence-electron chi connectivity index (χ2n) is 11.8. The highest BCUT2D eigenvalue weighted by Gasteiger charge is 2.13. The molecule has 0 saturated carbocycles. The predicted molar refractivity (Wildman–Crippen MR) is 192 cm³/mol. The van der Waals surface area contributed by atoms with Gasteiger partial charge in [-0.1, -0.05) is 157 Å². The van der Waals surface area contributed by atoms with Gasteiger partial charge in [0.05, 0.1) is 6.10 Å². The number of unbranched alkanes of at least 4 members (excludes halogenated alkanes) is 11. The first-order chi connectivity index (χ1) is 22.5. The van der Waals surface area contributed by atoms with Crippen LogP contribution in [0.3, 0.4) is 0 Å². The number of carbonyl (C=O) groups excluding carboxylic acids is 2. The average Bonchev–Trinajstić information content (AvgIpc) is 3.05. The number of hydrogen-bond acceptors (Lipinski definition) is 6. The summed E-state index contributed by atoms with van der Waals surface area (Å²) in [7, 11) is 0. The summed E-state index contributed by atoms with van der Waals surface area (Å²) in [4.78, 5) is 23.9. The Morgan fingerprint density at radius 2 is 0.978 bits per heavy atom. The molecule has 46 heavy (non-hydrogen) atoms. The topological polar surface area (TPSA) is 93.1 Å². The van der Waals surface area contributed by atoms with Gasteiger partial charge in [-0.2, -0.15) is 0 Å². The van der Waals surface area contributed by atoms with Crippen molar-refractivity contribution >= 4 is 11.9 Å². The molecule has 2 N–H and O–H groups in total. The van der Waals surface area contributed by atoms with Gasteiger partial charge in [-0.3, -0.25) is 9.59 Å². The zero-order valence-corrected chi connectivity index (χ0v) is 29.2. The van der Waals surface area contributed by atoms with Crippen molar-refractivity contribution in [1.82, 2.24) is 0 Å². The highest BCUT2D eigenvalue weighted by atomic mass is 16.6. The van der Waals surface area contributed by atoms with Gasteiger partial charge in [-0.05, 0) is 44.9 Å². The van der Waals surface area contributed by atoms with Crippen molar-refractivity contribution in [3.63, 3.8) is 0 Å². The van der Waals surface area contributed by atoms with E-state index in [4.69, 9.17) is 9.47 Å². The van der Waals surface area contributed by atoms with E-state index in [-0.39, 0.29) is 32.0 Å². The van der Waals surface area contributed by atoms with Gasteiger partial charge >= 0.3 is 11.9 Å². The first kappa shape index (κ1) is 43.3. The van der Waals surface area contributed by atoms with Crippen LogP contribution in [0.2, 0.25) is 0 Å². The van der Waals surface area contributed by atoms with E-state index in [0.717, 1.165) is 51.4 Å². The van der Waals surface area contributed by atoms with Gasteiger partial charge in [0.2, 0.25) is 0 Å². The van der Waals surface area contributed by atoms with Crippen LogP contribution in [-0.4, -0.2) is 47.6 Å². The zero-order chi connectivity index (χ0) is 33.8. The lowest BCUT2D eigenvalue weighted by molar-refractivity contribution is -0.152. The highest BCUT2D eigenvalue weighted by molar-refractivity contribution is 5.69. The van der Waals surface area contributed by atoms with E-state index in [2.05, 4.69) is 62.5 Å². The standard InChI is InChI=1S/C40H66O6/c1-3-5-7-9-11-13-15-17-18-19-20-21-23-25-27-29-31-37(41)33-34-40(44)46-36-38(42)35-45-39(43)32-30-28-26-24-22-16-14-12-10-8-6-4-2/h5,7,11,13,17-18,20-21,25,27,29,31,37-38,41-42H,3-4,6,8-10,12,14-16,19,22-24,26,28,30,32-36H2,1-2H3/b7-5-,13-11-,18-17-,21-20-,27-25-,31-29-/t37?,38-/m0/s1. The molecule has 0 amide bonds. The van der Waals surface area contributed by atoms with E-state index < -0.39 is 18.2 Å². The Kier molecular flexibility index (Phi) is 33.1. The minimum absolute atomic E-state index is 0.0304. The third-order valence-corrected chi connectivity index (χ3v) is 7.32. The average molecular weight is 643 g/mol. The number of allylic oxidation sites excluding steroid dienone is 11. The molecule has 1 unspecified atom stereocenters. The molecule has 0 saturated heterocycles. The van der Waals surface area contributed by atoms with Crippen molar-refractivity contribution < 1.29 is 29.3 Å². The molecule has 0 radical (unpaired) electrons. The summed E-state index contributed by atoms with van der Waals surface area (Å²) >= 11 is 0. The number of carbonyl (C=O) groups is 2. The predicted octanol–water partition coefficient (Wildman–Crippen LogP) is 9.97. The van der Waals surface area contributed by atoms with E-state index in [9.17, 15) is 19.8 Å². The maximum absolute atomic E-state index is 11.9. The van der Waals surface area contributed by atoms with Gasteiger partial charge in [0, 0.05) is 12.8 Å². The maximum atomic E-state index is 11.9. The molecule has 2 atom stereocenters. The fourth-order valence-electron chi connectivity index (χ4n) is 4.55.